The number of hydrogen-bond donors (Lipinski definition) is 1. The van der Waals surface area contributed by atoms with Crippen LogP contribution in [0.15, 0.2) is 54.6 Å². The van der Waals surface area contributed by atoms with Crippen LogP contribution in [-0.4, -0.2) is 40.2 Å². The van der Waals surface area contributed by atoms with Crippen LogP contribution in [0, 0.1) is 0 Å². The van der Waals surface area contributed by atoms with E-state index in [-0.39, 0.29) is 0 Å². The Kier molecular flexibility index (Phi) is 4.20. The molecule has 0 fully saturated rings. The molecule has 3 rings (SSSR count). The Labute approximate surface area is 137 Å². The first-order valence-electron chi connectivity index (χ1n) is 7.87. The fraction of sp³-hybridized carbons (Fsp3) is 0.316. The molecule has 0 aliphatic heterocycles. The van der Waals surface area contributed by atoms with E-state index < -0.39 is 5.60 Å². The zero-order chi connectivity index (χ0) is 16.4. The average molecular weight is 309 g/mol. The highest BCUT2D eigenvalue weighted by atomic mass is 16.3. The lowest BCUT2D eigenvalue weighted by molar-refractivity contribution is 0.0517. The fourth-order valence-electron chi connectivity index (χ4n) is 3.00. The van der Waals surface area contributed by atoms with Crippen molar-refractivity contribution in [3.05, 3.63) is 66.0 Å². The van der Waals surface area contributed by atoms with E-state index in [1.165, 1.54) is 0 Å². The van der Waals surface area contributed by atoms with Crippen molar-refractivity contribution in [1.29, 1.82) is 0 Å². The fourth-order valence-corrected chi connectivity index (χ4v) is 3.00. The highest BCUT2D eigenvalue weighted by Gasteiger charge is 2.36. The standard InChI is InChI=1S/C19H23N3O/c1-21(2)14-13-19(23,15-9-5-4-6-10-15)18-20-16-11-7-8-12-17(16)22(18)3/h4-12,23H,13-14H2,1-3H3/t19-/m1/s1. The molecule has 0 radical (unpaired) electrons. The summed E-state index contributed by atoms with van der Waals surface area (Å²) in [6.07, 6.45) is 0.584. The van der Waals surface area contributed by atoms with E-state index in [9.17, 15) is 5.11 Å². The van der Waals surface area contributed by atoms with Gasteiger partial charge in [-0.3, -0.25) is 0 Å². The lowest BCUT2D eigenvalue weighted by Gasteiger charge is -2.29. The first-order chi connectivity index (χ1) is 11.0. The van der Waals surface area contributed by atoms with Crippen LogP contribution in [0.25, 0.3) is 11.0 Å². The summed E-state index contributed by atoms with van der Waals surface area (Å²) in [5.74, 6) is 0.687. The largest absolute Gasteiger partial charge is 0.377 e. The molecule has 1 heterocycles. The number of benzene rings is 2. The minimum atomic E-state index is -1.11. The predicted molar refractivity (Wildman–Crippen MR) is 93.3 cm³/mol. The Bertz CT molecular complexity index is 795. The van der Waals surface area contributed by atoms with Gasteiger partial charge in [-0.15, -0.1) is 0 Å². The summed E-state index contributed by atoms with van der Waals surface area (Å²) < 4.78 is 2.00. The first-order valence-corrected chi connectivity index (χ1v) is 7.87. The molecule has 0 aliphatic carbocycles. The van der Waals surface area contributed by atoms with Crippen molar-refractivity contribution < 1.29 is 5.11 Å². The van der Waals surface area contributed by atoms with E-state index in [1.54, 1.807) is 0 Å². The summed E-state index contributed by atoms with van der Waals surface area (Å²) >= 11 is 0. The van der Waals surface area contributed by atoms with Crippen LogP contribution in [0.5, 0.6) is 0 Å². The van der Waals surface area contributed by atoms with Crippen LogP contribution in [0.1, 0.15) is 17.8 Å². The summed E-state index contributed by atoms with van der Waals surface area (Å²) in [6.45, 7) is 0.772. The van der Waals surface area contributed by atoms with E-state index in [0.29, 0.717) is 12.2 Å². The molecule has 120 valence electrons. The van der Waals surface area contributed by atoms with Gasteiger partial charge >= 0.3 is 0 Å². The second kappa shape index (κ2) is 6.14. The van der Waals surface area contributed by atoms with E-state index >= 15 is 0 Å². The zero-order valence-corrected chi connectivity index (χ0v) is 13.9. The summed E-state index contributed by atoms with van der Waals surface area (Å²) in [6, 6.07) is 17.8. The molecule has 3 aromatic rings. The SMILES string of the molecule is CN(C)CC[C@@](O)(c1ccccc1)c1nc2ccccc2n1C. The normalized spacial score (nSPS) is 14.3. The molecule has 0 amide bonds. The summed E-state index contributed by atoms with van der Waals surface area (Å²) in [4.78, 5) is 6.81. The number of aliphatic hydroxyl groups is 1. The van der Waals surface area contributed by atoms with Gasteiger partial charge in [0.05, 0.1) is 11.0 Å². The Balaban J connectivity index is 2.15. The van der Waals surface area contributed by atoms with Crippen LogP contribution in [0.2, 0.25) is 0 Å². The van der Waals surface area contributed by atoms with Crippen LogP contribution >= 0.6 is 0 Å². The molecule has 0 saturated carbocycles. The molecule has 0 unspecified atom stereocenters. The van der Waals surface area contributed by atoms with E-state index in [1.807, 2.05) is 80.3 Å². The number of para-hydroxylation sites is 2. The van der Waals surface area contributed by atoms with Crippen LogP contribution < -0.4 is 0 Å². The third-order valence-corrected chi connectivity index (χ3v) is 4.33. The van der Waals surface area contributed by atoms with Gasteiger partial charge in [-0.25, -0.2) is 4.98 Å². The molecule has 1 N–H and O–H groups in total. The van der Waals surface area contributed by atoms with Crippen molar-refractivity contribution in [2.24, 2.45) is 7.05 Å². The van der Waals surface area contributed by atoms with Crippen molar-refractivity contribution in [2.45, 2.75) is 12.0 Å². The van der Waals surface area contributed by atoms with Crippen LogP contribution in [0.3, 0.4) is 0 Å². The Morgan fingerprint density at radius 3 is 2.35 bits per heavy atom. The molecule has 1 aromatic heterocycles. The number of aromatic nitrogens is 2. The van der Waals surface area contributed by atoms with Gasteiger partial charge in [-0.1, -0.05) is 42.5 Å². The molecule has 0 saturated heterocycles. The molecule has 4 heteroatoms. The minimum Gasteiger partial charge on any atom is -0.377 e. The Morgan fingerprint density at radius 2 is 1.70 bits per heavy atom. The molecular formula is C19H23N3O. The minimum absolute atomic E-state index is 0.584. The first kappa shape index (κ1) is 15.7. The molecule has 0 aliphatic rings. The number of rotatable bonds is 5. The van der Waals surface area contributed by atoms with Gasteiger partial charge in [0.1, 0.15) is 11.4 Å². The third kappa shape index (κ3) is 2.87. The smallest absolute Gasteiger partial charge is 0.148 e. The van der Waals surface area contributed by atoms with Gasteiger partial charge < -0.3 is 14.6 Å². The maximum absolute atomic E-state index is 11.6. The second-order valence-electron chi connectivity index (χ2n) is 6.26. The summed E-state index contributed by atoms with van der Waals surface area (Å²) in [5.41, 5.74) is 1.70. The lowest BCUT2D eigenvalue weighted by Crippen LogP contribution is -2.34. The number of aryl methyl sites for hydroxylation is 1. The maximum Gasteiger partial charge on any atom is 0.148 e. The maximum atomic E-state index is 11.6. The van der Waals surface area contributed by atoms with Crippen LogP contribution in [-0.2, 0) is 12.6 Å². The highest BCUT2D eigenvalue weighted by Crippen LogP contribution is 2.34. The lowest BCUT2D eigenvalue weighted by atomic mass is 9.89. The van der Waals surface area contributed by atoms with Crippen molar-refractivity contribution in [3.63, 3.8) is 0 Å². The number of imidazole rings is 1. The molecule has 0 spiro atoms. The van der Waals surface area contributed by atoms with Crippen LogP contribution in [0.4, 0.5) is 0 Å². The van der Waals surface area contributed by atoms with Crippen molar-refractivity contribution in [3.8, 4) is 0 Å². The highest BCUT2D eigenvalue weighted by molar-refractivity contribution is 5.76. The predicted octanol–water partition coefficient (Wildman–Crippen LogP) is 2.76. The monoisotopic (exact) mass is 309 g/mol. The quantitative estimate of drug-likeness (QED) is 0.788. The number of hydrogen-bond acceptors (Lipinski definition) is 3. The Morgan fingerprint density at radius 1 is 1.04 bits per heavy atom. The van der Waals surface area contributed by atoms with Gasteiger partial charge in [0, 0.05) is 20.0 Å². The van der Waals surface area contributed by atoms with E-state index in [4.69, 9.17) is 4.98 Å². The van der Waals surface area contributed by atoms with Gasteiger partial charge in [-0.2, -0.15) is 0 Å². The molecule has 0 bridgehead atoms. The van der Waals surface area contributed by atoms with E-state index in [2.05, 4.69) is 4.90 Å². The molecule has 23 heavy (non-hydrogen) atoms. The number of nitrogens with zero attached hydrogens (tertiary/aromatic N) is 3. The summed E-state index contributed by atoms with van der Waals surface area (Å²) in [5, 5.41) is 11.6. The number of fused-ring (bicyclic) bond motifs is 1. The topological polar surface area (TPSA) is 41.3 Å². The summed E-state index contributed by atoms with van der Waals surface area (Å²) in [7, 11) is 5.99. The van der Waals surface area contributed by atoms with Crippen molar-refractivity contribution >= 4 is 11.0 Å². The molecule has 4 nitrogen and oxygen atoms in total. The molecular weight excluding hydrogens is 286 g/mol. The van der Waals surface area contributed by atoms with Gasteiger partial charge in [0.15, 0.2) is 0 Å². The third-order valence-electron chi connectivity index (χ3n) is 4.33. The molecule has 2 aromatic carbocycles. The van der Waals surface area contributed by atoms with E-state index in [0.717, 1.165) is 23.1 Å². The van der Waals surface area contributed by atoms with Gasteiger partial charge in [0.2, 0.25) is 0 Å². The van der Waals surface area contributed by atoms with Crippen molar-refractivity contribution in [1.82, 2.24) is 14.5 Å². The second-order valence-corrected chi connectivity index (χ2v) is 6.26. The Hall–Kier alpha value is -2.17. The van der Waals surface area contributed by atoms with Gasteiger partial charge in [-0.05, 0) is 31.8 Å². The zero-order valence-electron chi connectivity index (χ0n) is 13.9. The average Bonchev–Trinajstić information content (AvgIpc) is 2.91. The van der Waals surface area contributed by atoms with Crippen molar-refractivity contribution in [2.75, 3.05) is 20.6 Å². The van der Waals surface area contributed by atoms with Gasteiger partial charge in [0.25, 0.3) is 0 Å². The molecule has 1 atom stereocenters.